The Hall–Kier alpha value is -2.54. The minimum Gasteiger partial charge on any atom is -0.268 e. The Kier molecular flexibility index (Phi) is 5.69. The molecule has 1 aromatic carbocycles. The molecular weight excluding hydrogens is 357 g/mol. The zero-order valence-corrected chi connectivity index (χ0v) is 13.9. The van der Waals surface area contributed by atoms with Gasteiger partial charge in [0.25, 0.3) is 0 Å². The lowest BCUT2D eigenvalue weighted by molar-refractivity contribution is -0.137. The van der Waals surface area contributed by atoms with E-state index in [0.29, 0.717) is 15.9 Å². The zero-order chi connectivity index (χ0) is 18.6. The second kappa shape index (κ2) is 7.57. The molecule has 0 bridgehead atoms. The van der Waals surface area contributed by atoms with Crippen molar-refractivity contribution in [2.24, 2.45) is 0 Å². The van der Waals surface area contributed by atoms with E-state index in [4.69, 9.17) is 5.26 Å². The summed E-state index contributed by atoms with van der Waals surface area (Å²) in [5.41, 5.74) is -1.90. The Labute approximate surface area is 144 Å². The van der Waals surface area contributed by atoms with E-state index >= 15 is 0 Å². The number of hydrogen-bond donors (Lipinski definition) is 0. The van der Waals surface area contributed by atoms with Gasteiger partial charge in [-0.3, -0.25) is 4.57 Å². The van der Waals surface area contributed by atoms with Gasteiger partial charge in [0.05, 0.1) is 18.2 Å². The van der Waals surface area contributed by atoms with Gasteiger partial charge in [-0.25, -0.2) is 14.2 Å². The van der Waals surface area contributed by atoms with E-state index in [9.17, 15) is 22.8 Å². The van der Waals surface area contributed by atoms with Crippen LogP contribution in [0, 0.1) is 11.3 Å². The van der Waals surface area contributed by atoms with E-state index in [-0.39, 0.29) is 11.7 Å². The highest BCUT2D eigenvalue weighted by Gasteiger charge is 2.30. The molecule has 132 valence electrons. The Bertz CT molecular complexity index is 911. The molecular formula is C15H13F3N4O2S. The van der Waals surface area contributed by atoms with Gasteiger partial charge in [-0.2, -0.15) is 23.4 Å². The summed E-state index contributed by atoms with van der Waals surface area (Å²) in [6, 6.07) is 6.07. The molecule has 6 nitrogen and oxygen atoms in total. The predicted molar refractivity (Wildman–Crippen MR) is 85.3 cm³/mol. The third-order valence-electron chi connectivity index (χ3n) is 3.24. The average Bonchev–Trinajstić information content (AvgIpc) is 2.55. The summed E-state index contributed by atoms with van der Waals surface area (Å²) < 4.78 is 39.7. The van der Waals surface area contributed by atoms with Gasteiger partial charge in [0.15, 0.2) is 5.16 Å². The minimum absolute atomic E-state index is 0.0575. The van der Waals surface area contributed by atoms with Gasteiger partial charge in [-0.1, -0.05) is 30.8 Å². The molecule has 0 amide bonds. The van der Waals surface area contributed by atoms with Crippen LogP contribution < -0.4 is 11.4 Å². The van der Waals surface area contributed by atoms with E-state index in [1.807, 2.05) is 0 Å². The molecule has 1 heterocycles. The molecule has 0 unspecified atom stereocenters. The first-order chi connectivity index (χ1) is 11.8. The predicted octanol–water partition coefficient (Wildman–Crippen LogP) is 2.11. The molecule has 0 N–H and O–H groups in total. The topological polar surface area (TPSA) is 80.7 Å². The third-order valence-corrected chi connectivity index (χ3v) is 4.10. The van der Waals surface area contributed by atoms with Gasteiger partial charge < -0.3 is 0 Å². The summed E-state index contributed by atoms with van der Waals surface area (Å²) in [5.74, 6) is 0.543. The Balaban J connectivity index is 2.47. The van der Waals surface area contributed by atoms with E-state index in [1.165, 1.54) is 16.7 Å². The lowest BCUT2D eigenvalue weighted by Crippen LogP contribution is -2.42. The van der Waals surface area contributed by atoms with E-state index in [2.05, 4.69) is 4.98 Å². The molecule has 0 aliphatic rings. The molecule has 0 aliphatic carbocycles. The van der Waals surface area contributed by atoms with Crippen LogP contribution >= 0.6 is 11.8 Å². The lowest BCUT2D eigenvalue weighted by Gasteiger charge is -2.13. The fourth-order valence-corrected chi connectivity index (χ4v) is 2.77. The smallest absolute Gasteiger partial charge is 0.268 e. The number of hydrogen-bond acceptors (Lipinski definition) is 5. The van der Waals surface area contributed by atoms with Crippen molar-refractivity contribution < 1.29 is 13.2 Å². The molecule has 0 saturated carbocycles. The number of rotatable bonds is 5. The van der Waals surface area contributed by atoms with Crippen LogP contribution in [-0.2, 0) is 19.3 Å². The van der Waals surface area contributed by atoms with Gasteiger partial charge >= 0.3 is 17.6 Å². The largest absolute Gasteiger partial charge is 0.416 e. The summed E-state index contributed by atoms with van der Waals surface area (Å²) in [5, 5.41) is 8.89. The van der Waals surface area contributed by atoms with Crippen molar-refractivity contribution in [1.29, 1.82) is 5.26 Å². The number of thioether (sulfide) groups is 1. The van der Waals surface area contributed by atoms with Crippen LogP contribution in [0.25, 0.3) is 0 Å². The second-order valence-corrected chi connectivity index (χ2v) is 6.15. The molecule has 10 heteroatoms. The monoisotopic (exact) mass is 370 g/mol. The first-order valence-corrected chi connectivity index (χ1v) is 8.14. The fraction of sp³-hybridized carbons (Fsp3) is 0.333. The molecule has 0 aliphatic heterocycles. The standard InChI is InChI=1S/C15H13F3N4O2S/c1-2-25-13-20-12(23)21(8-7-19)14(24)22(13)9-10-3-5-11(6-4-10)15(16,17)18/h3-6H,2,8-9H2,1H3. The summed E-state index contributed by atoms with van der Waals surface area (Å²) in [6.45, 7) is 1.30. The van der Waals surface area contributed by atoms with Crippen molar-refractivity contribution in [2.45, 2.75) is 31.3 Å². The van der Waals surface area contributed by atoms with Gasteiger partial charge in [-0.05, 0) is 23.4 Å². The minimum atomic E-state index is -4.44. The van der Waals surface area contributed by atoms with Crippen molar-refractivity contribution in [3.63, 3.8) is 0 Å². The number of benzene rings is 1. The molecule has 0 spiro atoms. The van der Waals surface area contributed by atoms with E-state index in [1.54, 1.807) is 13.0 Å². The van der Waals surface area contributed by atoms with Crippen LogP contribution in [-0.4, -0.2) is 19.9 Å². The molecule has 2 rings (SSSR count). The van der Waals surface area contributed by atoms with Crippen LogP contribution in [0.15, 0.2) is 39.0 Å². The first kappa shape index (κ1) is 18.8. The highest BCUT2D eigenvalue weighted by atomic mass is 32.2. The van der Waals surface area contributed by atoms with Gasteiger partial charge in [-0.15, -0.1) is 0 Å². The molecule has 0 atom stereocenters. The highest BCUT2D eigenvalue weighted by Crippen LogP contribution is 2.29. The average molecular weight is 370 g/mol. The van der Waals surface area contributed by atoms with Crippen molar-refractivity contribution in [2.75, 3.05) is 5.75 Å². The first-order valence-electron chi connectivity index (χ1n) is 7.15. The maximum atomic E-state index is 12.6. The molecule has 0 saturated heterocycles. The van der Waals surface area contributed by atoms with Crippen LogP contribution in [0.3, 0.4) is 0 Å². The summed E-state index contributed by atoms with van der Waals surface area (Å²) in [6.07, 6.45) is -4.44. The second-order valence-electron chi connectivity index (χ2n) is 4.92. The van der Waals surface area contributed by atoms with Crippen molar-refractivity contribution in [3.05, 3.63) is 56.4 Å². The zero-order valence-electron chi connectivity index (χ0n) is 13.1. The van der Waals surface area contributed by atoms with Crippen molar-refractivity contribution in [3.8, 4) is 6.07 Å². The van der Waals surface area contributed by atoms with Crippen molar-refractivity contribution in [1.82, 2.24) is 14.1 Å². The van der Waals surface area contributed by atoms with Gasteiger partial charge in [0.1, 0.15) is 6.54 Å². The molecule has 0 radical (unpaired) electrons. The summed E-state index contributed by atoms with van der Waals surface area (Å²) in [7, 11) is 0. The number of nitrogens with zero attached hydrogens (tertiary/aromatic N) is 4. The Morgan fingerprint density at radius 1 is 1.20 bits per heavy atom. The maximum Gasteiger partial charge on any atom is 0.416 e. The van der Waals surface area contributed by atoms with Crippen LogP contribution in [0.5, 0.6) is 0 Å². The quantitative estimate of drug-likeness (QED) is 0.753. The Morgan fingerprint density at radius 3 is 2.36 bits per heavy atom. The van der Waals surface area contributed by atoms with Crippen molar-refractivity contribution >= 4 is 11.8 Å². The van der Waals surface area contributed by atoms with Gasteiger partial charge in [0, 0.05) is 0 Å². The number of aromatic nitrogens is 3. The van der Waals surface area contributed by atoms with Crippen LogP contribution in [0.1, 0.15) is 18.1 Å². The SMILES string of the molecule is CCSc1nc(=O)n(CC#N)c(=O)n1Cc1ccc(C(F)(F)F)cc1. The van der Waals surface area contributed by atoms with Crippen LogP contribution in [0.2, 0.25) is 0 Å². The normalized spacial score (nSPS) is 11.3. The fourth-order valence-electron chi connectivity index (χ4n) is 2.07. The molecule has 1 aromatic heterocycles. The number of halogens is 3. The summed E-state index contributed by atoms with van der Waals surface area (Å²) in [4.78, 5) is 28.1. The number of nitriles is 1. The van der Waals surface area contributed by atoms with E-state index in [0.717, 1.165) is 23.9 Å². The maximum absolute atomic E-state index is 12.6. The molecule has 2 aromatic rings. The molecule has 25 heavy (non-hydrogen) atoms. The summed E-state index contributed by atoms with van der Waals surface area (Å²) >= 11 is 1.16. The lowest BCUT2D eigenvalue weighted by atomic mass is 10.1. The third kappa shape index (κ3) is 4.30. The molecule has 0 fully saturated rings. The van der Waals surface area contributed by atoms with E-state index < -0.39 is 29.7 Å². The highest BCUT2D eigenvalue weighted by molar-refractivity contribution is 7.99. The Morgan fingerprint density at radius 2 is 1.84 bits per heavy atom. The van der Waals surface area contributed by atoms with Crippen LogP contribution in [0.4, 0.5) is 13.2 Å². The number of alkyl halides is 3. The van der Waals surface area contributed by atoms with Gasteiger partial charge in [0.2, 0.25) is 0 Å².